The molecule has 1 saturated carbocycles. The van der Waals surface area contributed by atoms with Crippen molar-refractivity contribution in [2.24, 2.45) is 0 Å². The Morgan fingerprint density at radius 1 is 1.10 bits per heavy atom. The predicted octanol–water partition coefficient (Wildman–Crippen LogP) is 1.47. The van der Waals surface area contributed by atoms with Crippen molar-refractivity contribution >= 4 is 33.3 Å². The second-order valence-corrected chi connectivity index (χ2v) is 14.8. The smallest absolute Gasteiger partial charge is 0.382 e. The number of nitrogens with zero attached hydrogens (tertiary/aromatic N) is 8. The van der Waals surface area contributed by atoms with Crippen molar-refractivity contribution < 1.29 is 36.3 Å². The van der Waals surface area contributed by atoms with Crippen LogP contribution in [0.15, 0.2) is 47.5 Å². The van der Waals surface area contributed by atoms with Crippen LogP contribution in [0.1, 0.15) is 46.6 Å². The van der Waals surface area contributed by atoms with E-state index in [4.69, 9.17) is 11.6 Å². The molecule has 1 aliphatic heterocycles. The minimum Gasteiger partial charge on any atom is -0.382 e. The molecule has 4 aromatic rings. The number of sulfone groups is 1. The number of hydrogen-bond donors (Lipinski definition) is 2. The molecule has 0 bridgehead atoms. The van der Waals surface area contributed by atoms with Crippen LogP contribution in [-0.4, -0.2) is 107 Å². The minimum atomic E-state index is -5.03. The number of rotatable bonds is 9. The van der Waals surface area contributed by atoms with Crippen LogP contribution in [0.25, 0.3) is 17.1 Å². The van der Waals surface area contributed by atoms with E-state index in [1.807, 2.05) is 6.92 Å². The molecule has 49 heavy (non-hydrogen) atoms. The molecule has 15 nitrogen and oxygen atoms in total. The molecule has 4 heterocycles. The molecule has 2 N–H and O–H groups in total. The number of halogens is 4. The highest BCUT2D eigenvalue weighted by Crippen LogP contribution is 2.35. The summed E-state index contributed by atoms with van der Waals surface area (Å²) in [6.07, 6.45) is -3.72. The first-order chi connectivity index (χ1) is 23.0. The van der Waals surface area contributed by atoms with Gasteiger partial charge in [-0.1, -0.05) is 11.6 Å². The molecule has 1 atom stereocenters. The van der Waals surface area contributed by atoms with Crippen molar-refractivity contribution in [1.82, 2.24) is 44.3 Å². The second-order valence-electron chi connectivity index (χ2n) is 12.1. The van der Waals surface area contributed by atoms with Gasteiger partial charge in [0.2, 0.25) is 5.82 Å². The summed E-state index contributed by atoms with van der Waals surface area (Å²) in [5, 5.41) is 21.7. The Bertz CT molecular complexity index is 2080. The van der Waals surface area contributed by atoms with E-state index in [2.05, 4.69) is 25.5 Å². The summed E-state index contributed by atoms with van der Waals surface area (Å²) < 4.78 is 66.6. The molecule has 0 radical (unpaired) electrons. The molecule has 20 heteroatoms. The molecule has 260 valence electrons. The maximum Gasteiger partial charge on any atom is 0.416 e. The molecule has 3 aromatic heterocycles. The lowest BCUT2D eigenvalue weighted by molar-refractivity contribution is -0.207. The molecule has 2 amide bonds. The monoisotopic (exact) mass is 723 g/mol. The van der Waals surface area contributed by atoms with E-state index in [0.29, 0.717) is 9.59 Å². The summed E-state index contributed by atoms with van der Waals surface area (Å²) in [5.74, 6) is -2.47. The number of nitrogens with one attached hydrogen (secondary N) is 1. The number of pyridine rings is 1. The number of amides is 2. The van der Waals surface area contributed by atoms with Crippen molar-refractivity contribution in [3.63, 3.8) is 0 Å². The first kappa shape index (κ1) is 34.3. The highest BCUT2D eigenvalue weighted by molar-refractivity contribution is 7.91. The summed E-state index contributed by atoms with van der Waals surface area (Å²) in [5.41, 5.74) is -1.06. The fourth-order valence-electron chi connectivity index (χ4n) is 5.12. The van der Waals surface area contributed by atoms with Crippen molar-refractivity contribution in [2.75, 3.05) is 24.6 Å². The van der Waals surface area contributed by atoms with Crippen LogP contribution in [0.5, 0.6) is 0 Å². The van der Waals surface area contributed by atoms with Crippen molar-refractivity contribution in [1.29, 1.82) is 0 Å². The molecule has 0 spiro atoms. The fraction of sp³-hybridized carbons (Fsp3) is 0.414. The van der Waals surface area contributed by atoms with Crippen molar-refractivity contribution in [3.8, 4) is 17.1 Å². The lowest BCUT2D eigenvalue weighted by atomic mass is 10.2. The molecule has 2 fully saturated rings. The fourth-order valence-corrected chi connectivity index (χ4v) is 6.44. The third-order valence-electron chi connectivity index (χ3n) is 8.21. The molecule has 1 saturated heterocycles. The topological polar surface area (TPSA) is 187 Å². The average molecular weight is 724 g/mol. The van der Waals surface area contributed by atoms with E-state index < -0.39 is 58.3 Å². The van der Waals surface area contributed by atoms with E-state index in [0.717, 1.165) is 22.2 Å². The number of aliphatic hydroxyl groups is 1. The summed E-state index contributed by atoms with van der Waals surface area (Å²) in [6.45, 7) is -0.0929. The van der Waals surface area contributed by atoms with Gasteiger partial charge in [0.1, 0.15) is 6.54 Å². The highest BCUT2D eigenvalue weighted by atomic mass is 35.5. The quantitative estimate of drug-likeness (QED) is 0.256. The van der Waals surface area contributed by atoms with Gasteiger partial charge in [-0.3, -0.25) is 19.1 Å². The van der Waals surface area contributed by atoms with Crippen LogP contribution in [0.2, 0.25) is 5.02 Å². The Morgan fingerprint density at radius 3 is 2.41 bits per heavy atom. The van der Waals surface area contributed by atoms with Crippen molar-refractivity contribution in [2.45, 2.75) is 50.7 Å². The summed E-state index contributed by atoms with van der Waals surface area (Å²) in [4.78, 5) is 50.3. The number of carbonyl (C=O) groups excluding carboxylic acids is 2. The van der Waals surface area contributed by atoms with E-state index in [1.165, 1.54) is 47.6 Å². The predicted molar refractivity (Wildman–Crippen MR) is 167 cm³/mol. The largest absolute Gasteiger partial charge is 0.416 e. The molecule has 6 rings (SSSR count). The SMILES string of the molecule is CC1(NC(=O)c2ccncc2-n2nc(Cn3nc(-c4ccc(Cl)cc4)n(C[C@H](O)C(F)(F)F)c3=O)nc2C(=O)N2CCS(=O)(=O)CC2)CC1. The molecule has 2 aliphatic rings. The highest BCUT2D eigenvalue weighted by Gasteiger charge is 2.41. The molecular weight excluding hydrogens is 695 g/mol. The van der Waals surface area contributed by atoms with Gasteiger partial charge in [0.15, 0.2) is 27.6 Å². The maximum atomic E-state index is 13.8. The van der Waals surface area contributed by atoms with E-state index in [-0.39, 0.29) is 58.9 Å². The van der Waals surface area contributed by atoms with Gasteiger partial charge >= 0.3 is 11.9 Å². The summed E-state index contributed by atoms with van der Waals surface area (Å²) in [7, 11) is -3.35. The third kappa shape index (κ3) is 7.37. The Labute approximate surface area is 281 Å². The minimum absolute atomic E-state index is 0.0593. The average Bonchev–Trinajstić information content (AvgIpc) is 3.49. The van der Waals surface area contributed by atoms with Gasteiger partial charge in [0.25, 0.3) is 11.8 Å². The molecular formula is C29H29ClF3N9O6S. The zero-order chi connectivity index (χ0) is 35.3. The molecule has 0 unspecified atom stereocenters. The number of alkyl halides is 3. The lowest BCUT2D eigenvalue weighted by Gasteiger charge is -2.26. The number of carbonyl (C=O) groups is 2. The van der Waals surface area contributed by atoms with Gasteiger partial charge in [-0.05, 0) is 50.1 Å². The molecule has 1 aromatic carbocycles. The normalized spacial score (nSPS) is 17.5. The van der Waals surface area contributed by atoms with Crippen LogP contribution >= 0.6 is 11.6 Å². The van der Waals surface area contributed by atoms with Gasteiger partial charge in [-0.15, -0.1) is 10.2 Å². The van der Waals surface area contributed by atoms with Crippen LogP contribution in [0, 0.1) is 0 Å². The van der Waals surface area contributed by atoms with Gasteiger partial charge in [0.05, 0.1) is 35.5 Å². The first-order valence-electron chi connectivity index (χ1n) is 14.9. The number of hydrogen-bond acceptors (Lipinski definition) is 10. The Balaban J connectivity index is 1.42. The summed E-state index contributed by atoms with van der Waals surface area (Å²) >= 11 is 5.96. The zero-order valence-corrected chi connectivity index (χ0v) is 27.3. The van der Waals surface area contributed by atoms with Crippen molar-refractivity contribution in [3.05, 3.63) is 75.4 Å². The van der Waals surface area contributed by atoms with E-state index in [9.17, 15) is 41.1 Å². The van der Waals surface area contributed by atoms with Crippen LogP contribution in [0.3, 0.4) is 0 Å². The van der Waals surface area contributed by atoms with Gasteiger partial charge in [-0.25, -0.2) is 27.6 Å². The Kier molecular flexibility index (Phi) is 8.86. The Morgan fingerprint density at radius 2 is 1.78 bits per heavy atom. The van der Waals surface area contributed by atoms with Gasteiger partial charge < -0.3 is 15.3 Å². The summed E-state index contributed by atoms with van der Waals surface area (Å²) in [6, 6.07) is 7.19. The number of benzene rings is 1. The van der Waals surface area contributed by atoms with Crippen LogP contribution in [-0.2, 0) is 22.9 Å². The Hall–Kier alpha value is -4.62. The van der Waals surface area contributed by atoms with E-state index >= 15 is 0 Å². The van der Waals surface area contributed by atoms with Crippen LogP contribution in [0.4, 0.5) is 13.2 Å². The zero-order valence-electron chi connectivity index (χ0n) is 25.8. The second kappa shape index (κ2) is 12.7. The lowest BCUT2D eigenvalue weighted by Crippen LogP contribution is -2.44. The first-order valence-corrected chi connectivity index (χ1v) is 17.1. The van der Waals surface area contributed by atoms with Gasteiger partial charge in [0, 0.05) is 35.4 Å². The third-order valence-corrected chi connectivity index (χ3v) is 10.1. The standard InChI is InChI=1S/C29H29ClF3N9O6S/c1-28(7-8-28)36-25(44)19-6-9-34-14-20(19)42-24(26(45)39-10-12-49(47,48)13-11-39)35-22(37-42)16-41-27(46)40(15-21(43)29(31,32)33)23(38-41)17-2-4-18(30)5-3-17/h2-6,9,14,21,43H,7-8,10-13,15-16H2,1H3,(H,36,44)/t21-/m0/s1. The van der Waals surface area contributed by atoms with Crippen LogP contribution < -0.4 is 11.0 Å². The van der Waals surface area contributed by atoms with Gasteiger partial charge in [-0.2, -0.15) is 13.2 Å². The molecule has 1 aliphatic carbocycles. The maximum absolute atomic E-state index is 13.8. The number of aliphatic hydroxyl groups excluding tert-OH is 1. The van der Waals surface area contributed by atoms with E-state index in [1.54, 1.807) is 0 Å². The number of aromatic nitrogens is 7.